The Kier molecular flexibility index (Phi) is 3.61. The van der Waals surface area contributed by atoms with Gasteiger partial charge in [-0.25, -0.2) is 0 Å². The van der Waals surface area contributed by atoms with Gasteiger partial charge in [0.25, 0.3) is 0 Å². The molecule has 0 aliphatic carbocycles. The summed E-state index contributed by atoms with van der Waals surface area (Å²) in [7, 11) is 1.86. The maximum Gasteiger partial charge on any atom is 0.223 e. The van der Waals surface area contributed by atoms with Gasteiger partial charge in [0.1, 0.15) is 0 Å². The zero-order valence-electron chi connectivity index (χ0n) is 9.24. The molecule has 1 aromatic rings. The van der Waals surface area contributed by atoms with E-state index >= 15 is 0 Å². The van der Waals surface area contributed by atoms with Crippen molar-refractivity contribution in [3.05, 3.63) is 34.3 Å². The topological polar surface area (TPSA) is 32.3 Å². The first-order chi connectivity index (χ1) is 7.66. The number of likely N-dealkylation sites (N-methyl/N-ethyl adjacent to an activating group) is 1. The van der Waals surface area contributed by atoms with E-state index in [1.807, 2.05) is 19.2 Å². The molecule has 1 aromatic carbocycles. The van der Waals surface area contributed by atoms with E-state index in [0.29, 0.717) is 6.42 Å². The Labute approximate surface area is 104 Å². The number of carbonyl (C=O) groups is 1. The van der Waals surface area contributed by atoms with Gasteiger partial charge in [-0.05, 0) is 17.7 Å². The van der Waals surface area contributed by atoms with Gasteiger partial charge in [0, 0.05) is 37.1 Å². The number of halogens is 1. The van der Waals surface area contributed by atoms with Crippen molar-refractivity contribution in [3.63, 3.8) is 0 Å². The number of nitrogens with zero attached hydrogens (tertiary/aromatic N) is 1. The minimum absolute atomic E-state index is 0.213. The summed E-state index contributed by atoms with van der Waals surface area (Å²) in [6, 6.07) is 8.45. The highest BCUT2D eigenvalue weighted by atomic mass is 79.9. The van der Waals surface area contributed by atoms with Gasteiger partial charge in [-0.1, -0.05) is 28.1 Å². The minimum Gasteiger partial charge on any atom is -0.344 e. The van der Waals surface area contributed by atoms with E-state index < -0.39 is 0 Å². The molecular weight excluding hydrogens is 268 g/mol. The van der Waals surface area contributed by atoms with Gasteiger partial charge in [-0.2, -0.15) is 0 Å². The van der Waals surface area contributed by atoms with Crippen LogP contribution in [0.5, 0.6) is 0 Å². The molecule has 0 spiro atoms. The smallest absolute Gasteiger partial charge is 0.223 e. The Morgan fingerprint density at radius 2 is 2.31 bits per heavy atom. The number of hydrogen-bond acceptors (Lipinski definition) is 2. The fourth-order valence-electron chi connectivity index (χ4n) is 1.93. The molecular formula is C12H15BrN2O. The zero-order chi connectivity index (χ0) is 11.5. The van der Waals surface area contributed by atoms with Crippen LogP contribution in [0.1, 0.15) is 18.0 Å². The van der Waals surface area contributed by atoms with Crippen molar-refractivity contribution in [1.82, 2.24) is 10.2 Å². The van der Waals surface area contributed by atoms with Crippen LogP contribution in [0.25, 0.3) is 0 Å². The van der Waals surface area contributed by atoms with Crippen molar-refractivity contribution in [2.24, 2.45) is 0 Å². The van der Waals surface area contributed by atoms with E-state index in [0.717, 1.165) is 17.6 Å². The lowest BCUT2D eigenvalue weighted by Crippen LogP contribution is -2.30. The zero-order valence-corrected chi connectivity index (χ0v) is 10.8. The molecule has 1 N–H and O–H groups in total. The van der Waals surface area contributed by atoms with E-state index in [1.54, 1.807) is 4.90 Å². The van der Waals surface area contributed by atoms with Gasteiger partial charge in [-0.15, -0.1) is 0 Å². The second-order valence-electron chi connectivity index (χ2n) is 4.09. The minimum atomic E-state index is 0.213. The SMILES string of the molecule is CN1CC(c2cccc(Br)c2)NCCC1=O. The second kappa shape index (κ2) is 4.97. The summed E-state index contributed by atoms with van der Waals surface area (Å²) in [5.41, 5.74) is 1.22. The molecule has 1 heterocycles. The van der Waals surface area contributed by atoms with Crippen molar-refractivity contribution < 1.29 is 4.79 Å². The Morgan fingerprint density at radius 3 is 3.06 bits per heavy atom. The first kappa shape index (κ1) is 11.6. The molecule has 3 nitrogen and oxygen atoms in total. The molecule has 0 radical (unpaired) electrons. The molecule has 1 aliphatic rings. The van der Waals surface area contributed by atoms with Crippen molar-refractivity contribution in [3.8, 4) is 0 Å². The van der Waals surface area contributed by atoms with Gasteiger partial charge in [0.05, 0.1) is 0 Å². The Balaban J connectivity index is 2.17. The Hall–Kier alpha value is -0.870. The van der Waals surface area contributed by atoms with Crippen LogP contribution in [0.3, 0.4) is 0 Å². The van der Waals surface area contributed by atoms with Crippen molar-refractivity contribution in [2.45, 2.75) is 12.5 Å². The highest BCUT2D eigenvalue weighted by molar-refractivity contribution is 9.10. The predicted molar refractivity (Wildman–Crippen MR) is 67.1 cm³/mol. The van der Waals surface area contributed by atoms with Crippen LogP contribution in [0, 0.1) is 0 Å². The number of amides is 1. The summed E-state index contributed by atoms with van der Waals surface area (Å²) >= 11 is 3.47. The highest BCUT2D eigenvalue weighted by Gasteiger charge is 2.20. The van der Waals surface area contributed by atoms with E-state index in [4.69, 9.17) is 0 Å². The Morgan fingerprint density at radius 1 is 1.50 bits per heavy atom. The summed E-state index contributed by atoms with van der Waals surface area (Å²) in [5, 5.41) is 3.40. The van der Waals surface area contributed by atoms with Crippen LogP contribution in [-0.4, -0.2) is 30.9 Å². The Bertz CT molecular complexity index is 394. The standard InChI is InChI=1S/C12H15BrN2O/c1-15-8-11(14-6-5-12(15)16)9-3-2-4-10(13)7-9/h2-4,7,11,14H,5-6,8H2,1H3. The molecule has 86 valence electrons. The number of carbonyl (C=O) groups excluding carboxylic acids is 1. The summed E-state index contributed by atoms with van der Waals surface area (Å²) in [4.78, 5) is 13.3. The molecule has 1 atom stereocenters. The molecule has 1 fully saturated rings. The third-order valence-corrected chi connectivity index (χ3v) is 3.36. The number of benzene rings is 1. The average molecular weight is 283 g/mol. The molecule has 1 unspecified atom stereocenters. The van der Waals surface area contributed by atoms with E-state index in [-0.39, 0.29) is 11.9 Å². The number of rotatable bonds is 1. The largest absolute Gasteiger partial charge is 0.344 e. The third-order valence-electron chi connectivity index (χ3n) is 2.86. The summed E-state index contributed by atoms with van der Waals surface area (Å²) < 4.78 is 1.07. The molecule has 0 aromatic heterocycles. The molecule has 2 rings (SSSR count). The summed E-state index contributed by atoms with van der Waals surface area (Å²) in [6.07, 6.45) is 0.584. The fourth-order valence-corrected chi connectivity index (χ4v) is 2.35. The van der Waals surface area contributed by atoms with Gasteiger partial charge >= 0.3 is 0 Å². The van der Waals surface area contributed by atoms with Gasteiger partial charge in [0.15, 0.2) is 0 Å². The maximum atomic E-state index is 11.5. The van der Waals surface area contributed by atoms with Crippen LogP contribution in [0.2, 0.25) is 0 Å². The van der Waals surface area contributed by atoms with Crippen molar-refractivity contribution in [2.75, 3.05) is 20.1 Å². The lowest BCUT2D eigenvalue weighted by Gasteiger charge is -2.21. The van der Waals surface area contributed by atoms with Crippen LogP contribution in [0.15, 0.2) is 28.7 Å². The van der Waals surface area contributed by atoms with Crippen LogP contribution in [0.4, 0.5) is 0 Å². The van der Waals surface area contributed by atoms with E-state index in [2.05, 4.69) is 33.4 Å². The number of hydrogen-bond donors (Lipinski definition) is 1. The second-order valence-corrected chi connectivity index (χ2v) is 5.00. The summed E-state index contributed by atoms with van der Waals surface area (Å²) in [6.45, 7) is 1.48. The van der Waals surface area contributed by atoms with Crippen LogP contribution < -0.4 is 5.32 Å². The fraction of sp³-hybridized carbons (Fsp3) is 0.417. The van der Waals surface area contributed by atoms with Crippen LogP contribution >= 0.6 is 15.9 Å². The third kappa shape index (κ3) is 2.62. The van der Waals surface area contributed by atoms with Crippen molar-refractivity contribution >= 4 is 21.8 Å². The van der Waals surface area contributed by atoms with Gasteiger partial charge in [-0.3, -0.25) is 4.79 Å². The molecule has 4 heteroatoms. The molecule has 0 saturated carbocycles. The summed E-state index contributed by atoms with van der Waals surface area (Å²) in [5.74, 6) is 0.213. The van der Waals surface area contributed by atoms with E-state index in [9.17, 15) is 4.79 Å². The molecule has 1 amide bonds. The van der Waals surface area contributed by atoms with Crippen LogP contribution in [-0.2, 0) is 4.79 Å². The van der Waals surface area contributed by atoms with Crippen molar-refractivity contribution in [1.29, 1.82) is 0 Å². The van der Waals surface area contributed by atoms with Gasteiger partial charge < -0.3 is 10.2 Å². The predicted octanol–water partition coefficient (Wildman–Crippen LogP) is 1.94. The molecule has 1 aliphatic heterocycles. The molecule has 1 saturated heterocycles. The first-order valence-corrected chi connectivity index (χ1v) is 6.19. The lowest BCUT2D eigenvalue weighted by molar-refractivity contribution is -0.129. The van der Waals surface area contributed by atoms with E-state index in [1.165, 1.54) is 5.56 Å². The molecule has 16 heavy (non-hydrogen) atoms. The maximum absolute atomic E-state index is 11.5. The monoisotopic (exact) mass is 282 g/mol. The lowest BCUT2D eigenvalue weighted by atomic mass is 10.1. The normalized spacial score (nSPS) is 22.0. The highest BCUT2D eigenvalue weighted by Crippen LogP contribution is 2.20. The quantitative estimate of drug-likeness (QED) is 0.854. The van der Waals surface area contributed by atoms with Gasteiger partial charge in [0.2, 0.25) is 5.91 Å². The average Bonchev–Trinajstić information content (AvgIpc) is 2.42. The first-order valence-electron chi connectivity index (χ1n) is 5.39. The molecule has 0 bridgehead atoms. The number of nitrogens with one attached hydrogen (secondary N) is 1.